The monoisotopic (exact) mass is 323 g/mol. The molecule has 1 unspecified atom stereocenters. The molecule has 23 heavy (non-hydrogen) atoms. The van der Waals surface area contributed by atoms with E-state index in [9.17, 15) is 34.8 Å². The summed E-state index contributed by atoms with van der Waals surface area (Å²) in [6, 6.07) is 2.34. The molecule has 0 spiro atoms. The fourth-order valence-corrected chi connectivity index (χ4v) is 2.75. The Morgan fingerprint density at radius 1 is 1.17 bits per heavy atom. The number of nitrogens with one attached hydrogen (secondary N) is 1. The molecule has 0 radical (unpaired) electrons. The van der Waals surface area contributed by atoms with E-state index < -0.39 is 35.3 Å². The number of hydrogen-bond donors (Lipinski definition) is 6. The lowest BCUT2D eigenvalue weighted by Gasteiger charge is -2.44. The Morgan fingerprint density at radius 3 is 2.43 bits per heavy atom. The number of imide groups is 1. The SMILES string of the molecule is Nc1cccc2c1CN(C1C(=O)NC(=O)C(O)(O)C1(O)O)C2=O. The fourth-order valence-electron chi connectivity index (χ4n) is 2.75. The van der Waals surface area contributed by atoms with E-state index in [0.717, 1.165) is 0 Å². The van der Waals surface area contributed by atoms with Crippen molar-refractivity contribution >= 4 is 23.4 Å². The van der Waals surface area contributed by atoms with E-state index >= 15 is 0 Å². The summed E-state index contributed by atoms with van der Waals surface area (Å²) in [7, 11) is 0. The van der Waals surface area contributed by atoms with E-state index in [2.05, 4.69) is 0 Å². The number of amides is 3. The van der Waals surface area contributed by atoms with Gasteiger partial charge in [-0.25, -0.2) is 0 Å². The van der Waals surface area contributed by atoms with Crippen LogP contribution in [0.3, 0.4) is 0 Å². The molecule has 2 aliphatic rings. The smallest absolute Gasteiger partial charge is 0.303 e. The van der Waals surface area contributed by atoms with Crippen molar-refractivity contribution in [3.63, 3.8) is 0 Å². The van der Waals surface area contributed by atoms with Crippen molar-refractivity contribution in [2.75, 3.05) is 5.73 Å². The molecule has 2 aliphatic heterocycles. The minimum atomic E-state index is -3.67. The minimum absolute atomic E-state index is 0.145. The van der Waals surface area contributed by atoms with Crippen LogP contribution in [0.15, 0.2) is 18.2 Å². The molecule has 10 heteroatoms. The summed E-state index contributed by atoms with van der Waals surface area (Å²) in [4.78, 5) is 36.5. The van der Waals surface area contributed by atoms with Crippen LogP contribution in [0.4, 0.5) is 5.69 Å². The molecule has 0 bridgehead atoms. The van der Waals surface area contributed by atoms with Gasteiger partial charge in [0.1, 0.15) is 0 Å². The van der Waals surface area contributed by atoms with Gasteiger partial charge in [-0.05, 0) is 12.1 Å². The molecule has 0 saturated carbocycles. The van der Waals surface area contributed by atoms with Gasteiger partial charge in [0.05, 0.1) is 0 Å². The van der Waals surface area contributed by atoms with Crippen LogP contribution in [0.2, 0.25) is 0 Å². The molecule has 2 heterocycles. The quantitative estimate of drug-likeness (QED) is 0.176. The molecule has 1 aromatic carbocycles. The summed E-state index contributed by atoms with van der Waals surface area (Å²) < 4.78 is 0. The standard InChI is InChI=1S/C13H13N3O7/c14-7-3-1-2-5-6(7)4-16(10(5)18)8-9(17)15-11(19)13(22,23)12(8,20)21/h1-3,8,20-23H,4,14H2,(H,15,17,19). The number of nitrogens with two attached hydrogens (primary N) is 1. The van der Waals surface area contributed by atoms with Crippen LogP contribution >= 0.6 is 0 Å². The van der Waals surface area contributed by atoms with Gasteiger partial charge in [0, 0.05) is 23.4 Å². The number of hydrogen-bond acceptors (Lipinski definition) is 8. The van der Waals surface area contributed by atoms with Crippen molar-refractivity contribution in [1.29, 1.82) is 0 Å². The lowest BCUT2D eigenvalue weighted by atomic mass is 9.90. The maximum Gasteiger partial charge on any atom is 0.303 e. The van der Waals surface area contributed by atoms with Gasteiger partial charge >= 0.3 is 5.79 Å². The molecule has 3 amide bonds. The van der Waals surface area contributed by atoms with Gasteiger partial charge in [-0.2, -0.15) is 0 Å². The second-order valence-electron chi connectivity index (χ2n) is 5.43. The third-order valence-corrected chi connectivity index (χ3v) is 4.04. The van der Waals surface area contributed by atoms with Crippen LogP contribution < -0.4 is 11.1 Å². The molecule has 1 saturated heterocycles. The zero-order chi connectivity index (χ0) is 17.2. The van der Waals surface area contributed by atoms with E-state index in [1.54, 1.807) is 5.32 Å². The van der Waals surface area contributed by atoms with Crippen LogP contribution in [-0.2, 0) is 16.1 Å². The zero-order valence-corrected chi connectivity index (χ0v) is 11.6. The molecule has 3 rings (SSSR count). The van der Waals surface area contributed by atoms with E-state index in [4.69, 9.17) is 5.73 Å². The number of aliphatic hydroxyl groups is 4. The fraction of sp³-hybridized carbons (Fsp3) is 0.308. The predicted octanol–water partition coefficient (Wildman–Crippen LogP) is -3.39. The second-order valence-corrected chi connectivity index (χ2v) is 5.43. The van der Waals surface area contributed by atoms with Crippen LogP contribution in [0, 0.1) is 0 Å². The van der Waals surface area contributed by atoms with Gasteiger partial charge in [-0.15, -0.1) is 0 Å². The van der Waals surface area contributed by atoms with Gasteiger partial charge in [0.2, 0.25) is 0 Å². The van der Waals surface area contributed by atoms with Crippen molar-refractivity contribution in [2.24, 2.45) is 0 Å². The number of nitrogens with zero attached hydrogens (tertiary/aromatic N) is 1. The van der Waals surface area contributed by atoms with Gasteiger partial charge in [-0.1, -0.05) is 6.07 Å². The molecule has 1 aromatic rings. The third-order valence-electron chi connectivity index (χ3n) is 4.04. The van der Waals surface area contributed by atoms with E-state index in [0.29, 0.717) is 10.5 Å². The summed E-state index contributed by atoms with van der Waals surface area (Å²) >= 11 is 0. The van der Waals surface area contributed by atoms with Crippen LogP contribution in [0.1, 0.15) is 15.9 Å². The van der Waals surface area contributed by atoms with Crippen LogP contribution in [0.25, 0.3) is 0 Å². The number of carbonyl (C=O) groups is 3. The molecule has 7 N–H and O–H groups in total. The first-order valence-electron chi connectivity index (χ1n) is 6.52. The molecule has 0 aliphatic carbocycles. The number of fused-ring (bicyclic) bond motifs is 1. The molecular formula is C13H13N3O7. The first-order chi connectivity index (χ1) is 10.6. The Morgan fingerprint density at radius 2 is 1.83 bits per heavy atom. The van der Waals surface area contributed by atoms with Gasteiger partial charge < -0.3 is 31.1 Å². The van der Waals surface area contributed by atoms with Gasteiger partial charge in [0.25, 0.3) is 23.5 Å². The van der Waals surface area contributed by atoms with Crippen molar-refractivity contribution in [3.05, 3.63) is 29.3 Å². The summed E-state index contributed by atoms with van der Waals surface area (Å²) in [5, 5.41) is 40.8. The van der Waals surface area contributed by atoms with Crippen LogP contribution in [-0.4, -0.2) is 60.7 Å². The highest BCUT2D eigenvalue weighted by Crippen LogP contribution is 2.35. The molecule has 122 valence electrons. The number of carbonyl (C=O) groups excluding carboxylic acids is 3. The van der Waals surface area contributed by atoms with Crippen molar-refractivity contribution < 1.29 is 34.8 Å². The lowest BCUT2D eigenvalue weighted by molar-refractivity contribution is -0.355. The molecule has 0 aromatic heterocycles. The Kier molecular flexibility index (Phi) is 3.00. The lowest BCUT2D eigenvalue weighted by Crippen LogP contribution is -2.79. The maximum absolute atomic E-state index is 12.4. The van der Waals surface area contributed by atoms with Gasteiger partial charge in [-0.3, -0.25) is 19.7 Å². The maximum atomic E-state index is 12.4. The number of benzene rings is 1. The van der Waals surface area contributed by atoms with Crippen molar-refractivity contribution in [3.8, 4) is 0 Å². The number of anilines is 1. The Hall–Kier alpha value is -2.53. The van der Waals surface area contributed by atoms with E-state index in [1.807, 2.05) is 0 Å². The minimum Gasteiger partial charge on any atom is -0.398 e. The number of piperidine rings is 1. The molecular weight excluding hydrogens is 310 g/mol. The third kappa shape index (κ3) is 1.86. The second kappa shape index (κ2) is 4.49. The first kappa shape index (κ1) is 15.4. The van der Waals surface area contributed by atoms with E-state index in [1.165, 1.54) is 18.2 Å². The molecule has 1 fully saturated rings. The predicted molar refractivity (Wildman–Crippen MR) is 72.0 cm³/mol. The highest BCUT2D eigenvalue weighted by Gasteiger charge is 2.67. The highest BCUT2D eigenvalue weighted by molar-refractivity contribution is 6.08. The van der Waals surface area contributed by atoms with Crippen molar-refractivity contribution in [1.82, 2.24) is 10.2 Å². The van der Waals surface area contributed by atoms with Crippen molar-refractivity contribution in [2.45, 2.75) is 24.2 Å². The zero-order valence-electron chi connectivity index (χ0n) is 11.6. The summed E-state index contributed by atoms with van der Waals surface area (Å²) in [6.07, 6.45) is 0. The number of rotatable bonds is 1. The Balaban J connectivity index is 2.06. The Bertz CT molecular complexity index is 743. The summed E-state index contributed by atoms with van der Waals surface area (Å²) in [6.45, 7) is -0.258. The Labute approximate surface area is 128 Å². The average Bonchev–Trinajstić information content (AvgIpc) is 2.76. The van der Waals surface area contributed by atoms with E-state index in [-0.39, 0.29) is 17.8 Å². The highest BCUT2D eigenvalue weighted by atomic mass is 16.6. The summed E-state index contributed by atoms with van der Waals surface area (Å²) in [5.41, 5.74) is 6.51. The largest absolute Gasteiger partial charge is 0.398 e. The molecule has 1 atom stereocenters. The summed E-state index contributed by atoms with van der Waals surface area (Å²) in [5.74, 6) is -11.0. The van der Waals surface area contributed by atoms with Crippen LogP contribution in [0.5, 0.6) is 0 Å². The average molecular weight is 323 g/mol. The number of nitrogen functional groups attached to an aromatic ring is 1. The van der Waals surface area contributed by atoms with Gasteiger partial charge in [0.15, 0.2) is 6.04 Å². The first-order valence-corrected chi connectivity index (χ1v) is 6.52. The normalized spacial score (nSPS) is 25.3. The molecule has 10 nitrogen and oxygen atoms in total. The topological polar surface area (TPSA) is 173 Å².